The van der Waals surface area contributed by atoms with Gasteiger partial charge in [0.05, 0.1) is 5.02 Å². The van der Waals surface area contributed by atoms with E-state index < -0.39 is 0 Å². The van der Waals surface area contributed by atoms with Crippen LogP contribution in [0.5, 0.6) is 0 Å². The van der Waals surface area contributed by atoms with Crippen molar-refractivity contribution < 1.29 is 4.79 Å². The van der Waals surface area contributed by atoms with Crippen LogP contribution in [-0.2, 0) is 4.79 Å². The number of halogens is 2. The van der Waals surface area contributed by atoms with Crippen molar-refractivity contribution in [1.29, 1.82) is 0 Å². The van der Waals surface area contributed by atoms with Gasteiger partial charge < -0.3 is 5.32 Å². The molecule has 0 saturated carbocycles. The number of amides is 1. The maximum Gasteiger partial charge on any atom is 0.211 e. The fourth-order valence-corrected chi connectivity index (χ4v) is 1.08. The molecule has 2 nitrogen and oxygen atoms in total. The molecule has 0 aliphatic heterocycles. The topological polar surface area (TPSA) is 29.1 Å². The van der Waals surface area contributed by atoms with Gasteiger partial charge in [0, 0.05) is 10.2 Å². The molecule has 1 rings (SSSR count). The number of hydrogen-bond donors (Lipinski definition) is 1. The SMILES string of the molecule is O=CNc1ccc(Br)c(Cl)c1. The van der Waals surface area contributed by atoms with Crippen molar-refractivity contribution >= 4 is 39.6 Å². The van der Waals surface area contributed by atoms with Crippen LogP contribution in [0.3, 0.4) is 0 Å². The van der Waals surface area contributed by atoms with Gasteiger partial charge in [0.2, 0.25) is 6.41 Å². The number of carbonyl (C=O) groups excluding carboxylic acids is 1. The predicted octanol–water partition coefficient (Wildman–Crippen LogP) is 2.67. The van der Waals surface area contributed by atoms with E-state index >= 15 is 0 Å². The zero-order valence-electron chi connectivity index (χ0n) is 5.47. The minimum absolute atomic E-state index is 0.580. The molecule has 58 valence electrons. The Morgan fingerprint density at radius 1 is 1.55 bits per heavy atom. The van der Waals surface area contributed by atoms with Crippen LogP contribution in [-0.4, -0.2) is 6.41 Å². The molecule has 0 aliphatic rings. The molecule has 0 saturated heterocycles. The summed E-state index contributed by atoms with van der Waals surface area (Å²) in [5, 5.41) is 3.07. The minimum atomic E-state index is 0.580. The first-order valence-electron chi connectivity index (χ1n) is 2.89. The maximum absolute atomic E-state index is 10.0. The molecule has 1 aromatic rings. The Labute approximate surface area is 77.7 Å². The number of carbonyl (C=O) groups is 1. The predicted molar refractivity (Wildman–Crippen MR) is 48.8 cm³/mol. The van der Waals surface area contributed by atoms with Gasteiger partial charge in [-0.05, 0) is 34.1 Å². The highest BCUT2D eigenvalue weighted by molar-refractivity contribution is 9.10. The molecular weight excluding hydrogens is 229 g/mol. The first-order chi connectivity index (χ1) is 5.24. The quantitative estimate of drug-likeness (QED) is 0.783. The van der Waals surface area contributed by atoms with Gasteiger partial charge in [-0.15, -0.1) is 0 Å². The van der Waals surface area contributed by atoms with Crippen molar-refractivity contribution in [3.8, 4) is 0 Å². The second kappa shape index (κ2) is 3.74. The second-order valence-corrected chi connectivity index (χ2v) is 3.15. The van der Waals surface area contributed by atoms with Crippen molar-refractivity contribution in [1.82, 2.24) is 0 Å². The van der Waals surface area contributed by atoms with Crippen LogP contribution in [0, 0.1) is 0 Å². The fraction of sp³-hybridized carbons (Fsp3) is 0. The summed E-state index contributed by atoms with van der Waals surface area (Å²) in [7, 11) is 0. The highest BCUT2D eigenvalue weighted by Crippen LogP contribution is 2.24. The summed E-state index contributed by atoms with van der Waals surface area (Å²) in [5.41, 5.74) is 0.688. The van der Waals surface area contributed by atoms with Crippen molar-refractivity contribution in [3.05, 3.63) is 27.7 Å². The Morgan fingerprint density at radius 3 is 2.82 bits per heavy atom. The Morgan fingerprint density at radius 2 is 2.27 bits per heavy atom. The third kappa shape index (κ3) is 2.20. The van der Waals surface area contributed by atoms with Gasteiger partial charge in [-0.25, -0.2) is 0 Å². The molecule has 4 heteroatoms. The van der Waals surface area contributed by atoms with Crippen LogP contribution >= 0.6 is 27.5 Å². The van der Waals surface area contributed by atoms with Crippen LogP contribution in [0.2, 0.25) is 5.02 Å². The van der Waals surface area contributed by atoms with Crippen molar-refractivity contribution in [3.63, 3.8) is 0 Å². The van der Waals surface area contributed by atoms with Crippen molar-refractivity contribution in [2.24, 2.45) is 0 Å². The molecule has 0 aromatic heterocycles. The third-order valence-electron chi connectivity index (χ3n) is 1.15. The van der Waals surface area contributed by atoms with E-state index in [1.807, 2.05) is 0 Å². The van der Waals surface area contributed by atoms with Crippen LogP contribution in [0.25, 0.3) is 0 Å². The molecule has 1 amide bonds. The molecule has 1 aromatic carbocycles. The van der Waals surface area contributed by atoms with Crippen molar-refractivity contribution in [2.75, 3.05) is 5.32 Å². The molecule has 0 heterocycles. The van der Waals surface area contributed by atoms with Gasteiger partial charge in [0.15, 0.2) is 0 Å². The average Bonchev–Trinajstić information content (AvgIpc) is 1.98. The highest BCUT2D eigenvalue weighted by atomic mass is 79.9. The van der Waals surface area contributed by atoms with E-state index in [9.17, 15) is 4.79 Å². The summed E-state index contributed by atoms with van der Waals surface area (Å²) in [6.07, 6.45) is 0.611. The van der Waals surface area contributed by atoms with Gasteiger partial charge in [-0.3, -0.25) is 4.79 Å². The Hall–Kier alpha value is -0.540. The average molecular weight is 234 g/mol. The summed E-state index contributed by atoms with van der Waals surface area (Å²) in [6.45, 7) is 0. The van der Waals surface area contributed by atoms with Gasteiger partial charge in [0.25, 0.3) is 0 Å². The normalized spacial score (nSPS) is 9.27. The molecule has 0 spiro atoms. The molecule has 1 N–H and O–H groups in total. The first-order valence-corrected chi connectivity index (χ1v) is 4.06. The van der Waals surface area contributed by atoms with Crippen LogP contribution in [0.1, 0.15) is 0 Å². The molecular formula is C7H5BrClNO. The molecule has 0 radical (unpaired) electrons. The van der Waals surface area contributed by atoms with E-state index in [0.29, 0.717) is 17.1 Å². The first kappa shape index (κ1) is 8.56. The lowest BCUT2D eigenvalue weighted by Gasteiger charge is -1.99. The largest absolute Gasteiger partial charge is 0.329 e. The summed E-state index contributed by atoms with van der Waals surface area (Å²) in [4.78, 5) is 10.0. The number of benzene rings is 1. The van der Waals surface area contributed by atoms with E-state index in [-0.39, 0.29) is 0 Å². The molecule has 0 atom stereocenters. The van der Waals surface area contributed by atoms with Gasteiger partial charge in [0.1, 0.15) is 0 Å². The standard InChI is InChI=1S/C7H5BrClNO/c8-6-2-1-5(10-4-11)3-7(6)9/h1-4H,(H,10,11). The zero-order valence-corrected chi connectivity index (χ0v) is 7.82. The molecule has 0 unspecified atom stereocenters. The van der Waals surface area contributed by atoms with Crippen LogP contribution in [0.4, 0.5) is 5.69 Å². The van der Waals surface area contributed by atoms with E-state index in [1.54, 1.807) is 18.2 Å². The lowest BCUT2D eigenvalue weighted by Crippen LogP contribution is -1.92. The number of hydrogen-bond acceptors (Lipinski definition) is 1. The summed E-state index contributed by atoms with van der Waals surface area (Å²) < 4.78 is 0.815. The summed E-state index contributed by atoms with van der Waals surface area (Å²) in [6, 6.07) is 5.19. The Kier molecular flexibility index (Phi) is 2.91. The molecule has 11 heavy (non-hydrogen) atoms. The fourth-order valence-electron chi connectivity index (χ4n) is 0.654. The second-order valence-electron chi connectivity index (χ2n) is 1.89. The van der Waals surface area contributed by atoms with Crippen LogP contribution in [0.15, 0.2) is 22.7 Å². The van der Waals surface area contributed by atoms with E-state index in [4.69, 9.17) is 11.6 Å². The minimum Gasteiger partial charge on any atom is -0.329 e. The summed E-state index contributed by atoms with van der Waals surface area (Å²) >= 11 is 8.98. The Bertz CT molecular complexity index is 277. The molecule has 0 fully saturated rings. The van der Waals surface area contributed by atoms with Gasteiger partial charge in [-0.2, -0.15) is 0 Å². The lowest BCUT2D eigenvalue weighted by atomic mass is 10.3. The zero-order chi connectivity index (χ0) is 8.27. The van der Waals surface area contributed by atoms with Gasteiger partial charge >= 0.3 is 0 Å². The molecule has 0 bridgehead atoms. The van der Waals surface area contributed by atoms with Gasteiger partial charge in [-0.1, -0.05) is 11.6 Å². The summed E-state index contributed by atoms with van der Waals surface area (Å²) in [5.74, 6) is 0. The monoisotopic (exact) mass is 233 g/mol. The van der Waals surface area contributed by atoms with Crippen molar-refractivity contribution in [2.45, 2.75) is 0 Å². The van der Waals surface area contributed by atoms with Crippen LogP contribution < -0.4 is 5.32 Å². The third-order valence-corrected chi connectivity index (χ3v) is 2.38. The number of rotatable bonds is 2. The highest BCUT2D eigenvalue weighted by Gasteiger charge is 1.96. The Balaban J connectivity index is 2.95. The maximum atomic E-state index is 10.0. The van der Waals surface area contributed by atoms with E-state index in [1.165, 1.54) is 0 Å². The van der Waals surface area contributed by atoms with E-state index in [2.05, 4.69) is 21.2 Å². The number of anilines is 1. The smallest absolute Gasteiger partial charge is 0.211 e. The molecule has 0 aliphatic carbocycles. The van der Waals surface area contributed by atoms with E-state index in [0.717, 1.165) is 4.47 Å². The lowest BCUT2D eigenvalue weighted by molar-refractivity contribution is -0.105. The number of nitrogens with one attached hydrogen (secondary N) is 1.